The Bertz CT molecular complexity index is 1490. The number of rotatable bonds is 6. The van der Waals surface area contributed by atoms with Gasteiger partial charge >= 0.3 is 0 Å². The van der Waals surface area contributed by atoms with Crippen molar-refractivity contribution >= 4 is 44.6 Å². The second kappa shape index (κ2) is 9.95. The Balaban J connectivity index is 1.70. The van der Waals surface area contributed by atoms with Crippen molar-refractivity contribution in [2.45, 2.75) is 25.9 Å². The molecule has 5 rings (SSSR count). The molecule has 0 amide bonds. The molecular formula is C27H24BrN5O3S. The van der Waals surface area contributed by atoms with E-state index >= 15 is 0 Å². The minimum Gasteiger partial charge on any atom is -0.496 e. The van der Waals surface area contributed by atoms with E-state index in [1.165, 1.54) is 13.2 Å². The fourth-order valence-electron chi connectivity index (χ4n) is 4.97. The zero-order valence-electron chi connectivity index (χ0n) is 20.4. The molecule has 1 N–H and O–H groups in total. The SMILES string of the molecule is COc1ccc(-n2c(C)cc([C@H]3[C@@H](c4ccccn4)NC(=S)N3c3ccc(Br)cc3)c2C)c([N+](=O)[O-])c1. The number of hydrogen-bond acceptors (Lipinski definition) is 5. The molecule has 8 nitrogen and oxygen atoms in total. The Morgan fingerprint density at radius 1 is 1.11 bits per heavy atom. The van der Waals surface area contributed by atoms with Crippen LogP contribution < -0.4 is 15.0 Å². The van der Waals surface area contributed by atoms with Crippen LogP contribution in [0.5, 0.6) is 5.75 Å². The predicted molar refractivity (Wildman–Crippen MR) is 151 cm³/mol. The standard InChI is InChI=1S/C27H24BrN5O3S/c1-16-14-21(17(2)31(16)23-12-11-20(36-3)15-24(23)33(34)35)26-25(22-6-4-5-13-29-22)30-27(37)32(26)19-9-7-18(28)8-10-19/h4-15,25-26H,1-3H3,(H,30,37)/t25-,26+/m1/s1. The van der Waals surface area contributed by atoms with Crippen LogP contribution in [0.4, 0.5) is 11.4 Å². The highest BCUT2D eigenvalue weighted by molar-refractivity contribution is 9.10. The van der Waals surface area contributed by atoms with Gasteiger partial charge in [0.1, 0.15) is 11.4 Å². The topological polar surface area (TPSA) is 85.5 Å². The van der Waals surface area contributed by atoms with Crippen LogP contribution in [0.2, 0.25) is 0 Å². The first-order valence-corrected chi connectivity index (χ1v) is 12.8. The molecule has 1 aliphatic rings. The minimum atomic E-state index is -0.381. The molecule has 1 aliphatic heterocycles. The number of nitro groups is 1. The molecule has 2 aromatic carbocycles. The van der Waals surface area contributed by atoms with E-state index < -0.39 is 0 Å². The Kier molecular flexibility index (Phi) is 6.70. The Hall–Kier alpha value is -3.76. The predicted octanol–water partition coefficient (Wildman–Crippen LogP) is 6.35. The van der Waals surface area contributed by atoms with Crippen molar-refractivity contribution < 1.29 is 9.66 Å². The third kappa shape index (κ3) is 4.47. The molecule has 2 aromatic heterocycles. The lowest BCUT2D eigenvalue weighted by atomic mass is 9.96. The highest BCUT2D eigenvalue weighted by Crippen LogP contribution is 2.44. The maximum Gasteiger partial charge on any atom is 0.296 e. The molecular weight excluding hydrogens is 554 g/mol. The molecule has 1 saturated heterocycles. The molecule has 37 heavy (non-hydrogen) atoms. The first-order valence-electron chi connectivity index (χ1n) is 11.6. The molecule has 2 atom stereocenters. The Morgan fingerprint density at radius 2 is 1.86 bits per heavy atom. The third-order valence-electron chi connectivity index (χ3n) is 6.61. The molecule has 0 radical (unpaired) electrons. The van der Waals surface area contributed by atoms with E-state index in [0.29, 0.717) is 16.5 Å². The van der Waals surface area contributed by atoms with Crippen LogP contribution in [0, 0.1) is 24.0 Å². The summed E-state index contributed by atoms with van der Waals surface area (Å²) in [6.45, 7) is 3.93. The molecule has 0 unspecified atom stereocenters. The van der Waals surface area contributed by atoms with E-state index in [1.807, 2.05) is 60.9 Å². The normalized spacial score (nSPS) is 17.1. The molecule has 3 heterocycles. The molecule has 0 saturated carbocycles. The van der Waals surface area contributed by atoms with Gasteiger partial charge in [0.25, 0.3) is 5.69 Å². The Morgan fingerprint density at radius 3 is 2.51 bits per heavy atom. The largest absolute Gasteiger partial charge is 0.496 e. The summed E-state index contributed by atoms with van der Waals surface area (Å²) in [5.74, 6) is 0.431. The van der Waals surface area contributed by atoms with Gasteiger partial charge in [-0.1, -0.05) is 22.0 Å². The molecule has 10 heteroatoms. The number of ether oxygens (including phenoxy) is 1. The lowest BCUT2D eigenvalue weighted by molar-refractivity contribution is -0.384. The van der Waals surface area contributed by atoms with Gasteiger partial charge in [0.2, 0.25) is 0 Å². The maximum absolute atomic E-state index is 12.0. The van der Waals surface area contributed by atoms with Crippen molar-refractivity contribution in [2.24, 2.45) is 0 Å². The van der Waals surface area contributed by atoms with Crippen molar-refractivity contribution in [1.29, 1.82) is 0 Å². The number of thiocarbonyl (C=S) groups is 1. The van der Waals surface area contributed by atoms with Crippen LogP contribution in [-0.4, -0.2) is 26.7 Å². The van der Waals surface area contributed by atoms with Crippen LogP contribution in [-0.2, 0) is 0 Å². The van der Waals surface area contributed by atoms with E-state index in [4.69, 9.17) is 17.0 Å². The van der Waals surface area contributed by atoms with Crippen LogP contribution in [0.1, 0.15) is 34.7 Å². The molecule has 0 bridgehead atoms. The quantitative estimate of drug-likeness (QED) is 0.162. The third-order valence-corrected chi connectivity index (χ3v) is 7.46. The van der Waals surface area contributed by atoms with Gasteiger partial charge in [-0.05, 0) is 86.2 Å². The molecule has 188 valence electrons. The monoisotopic (exact) mass is 577 g/mol. The van der Waals surface area contributed by atoms with E-state index in [0.717, 1.165) is 32.8 Å². The van der Waals surface area contributed by atoms with Crippen LogP contribution in [0.25, 0.3) is 5.69 Å². The zero-order valence-corrected chi connectivity index (χ0v) is 22.8. The maximum atomic E-state index is 12.0. The summed E-state index contributed by atoms with van der Waals surface area (Å²) in [5, 5.41) is 16.0. The second-order valence-corrected chi connectivity index (χ2v) is 10.0. The number of methoxy groups -OCH3 is 1. The summed E-state index contributed by atoms with van der Waals surface area (Å²) in [6, 6.07) is 20.3. The van der Waals surface area contributed by atoms with Gasteiger partial charge in [0, 0.05) is 27.7 Å². The number of aromatic nitrogens is 2. The van der Waals surface area contributed by atoms with Gasteiger partial charge < -0.3 is 19.5 Å². The lowest BCUT2D eigenvalue weighted by Gasteiger charge is -2.28. The number of nitro benzene ring substituents is 1. The average Bonchev–Trinajstić information content (AvgIpc) is 3.39. The van der Waals surface area contributed by atoms with E-state index in [9.17, 15) is 10.1 Å². The van der Waals surface area contributed by atoms with E-state index in [1.54, 1.807) is 18.3 Å². The van der Waals surface area contributed by atoms with Crippen LogP contribution >= 0.6 is 28.1 Å². The highest BCUT2D eigenvalue weighted by atomic mass is 79.9. The van der Waals surface area contributed by atoms with Gasteiger partial charge in [0.15, 0.2) is 5.11 Å². The number of nitrogens with one attached hydrogen (secondary N) is 1. The van der Waals surface area contributed by atoms with Gasteiger partial charge in [-0.2, -0.15) is 0 Å². The summed E-state index contributed by atoms with van der Waals surface area (Å²) in [4.78, 5) is 18.3. The fraction of sp³-hybridized carbons (Fsp3) is 0.185. The minimum absolute atomic E-state index is 0.0289. The first kappa shape index (κ1) is 24.9. The summed E-state index contributed by atoms with van der Waals surface area (Å²) in [6.07, 6.45) is 1.77. The van der Waals surface area contributed by atoms with E-state index in [2.05, 4.69) is 37.2 Å². The molecule has 4 aromatic rings. The van der Waals surface area contributed by atoms with Gasteiger partial charge in [-0.3, -0.25) is 15.1 Å². The smallest absolute Gasteiger partial charge is 0.296 e. The summed E-state index contributed by atoms with van der Waals surface area (Å²) in [5.41, 5.74) is 4.98. The molecule has 0 spiro atoms. The molecule has 0 aliphatic carbocycles. The average molecular weight is 578 g/mol. The second-order valence-electron chi connectivity index (χ2n) is 8.75. The Labute approximate surface area is 228 Å². The summed E-state index contributed by atoms with van der Waals surface area (Å²) >= 11 is 9.35. The number of nitrogens with zero attached hydrogens (tertiary/aromatic N) is 4. The van der Waals surface area contributed by atoms with Gasteiger partial charge in [-0.15, -0.1) is 0 Å². The number of anilines is 1. The number of hydrogen-bond donors (Lipinski definition) is 1. The molecule has 1 fully saturated rings. The first-order chi connectivity index (χ1) is 17.8. The lowest BCUT2D eigenvalue weighted by Crippen LogP contribution is -2.29. The van der Waals surface area contributed by atoms with Crippen molar-refractivity contribution in [3.63, 3.8) is 0 Å². The van der Waals surface area contributed by atoms with Crippen molar-refractivity contribution in [3.8, 4) is 11.4 Å². The van der Waals surface area contributed by atoms with E-state index in [-0.39, 0.29) is 22.7 Å². The number of benzene rings is 2. The van der Waals surface area contributed by atoms with Gasteiger partial charge in [-0.25, -0.2) is 0 Å². The van der Waals surface area contributed by atoms with Crippen LogP contribution in [0.15, 0.2) is 77.4 Å². The number of pyridine rings is 1. The van der Waals surface area contributed by atoms with Crippen molar-refractivity contribution in [3.05, 3.63) is 110 Å². The summed E-state index contributed by atoms with van der Waals surface area (Å²) < 4.78 is 8.13. The summed E-state index contributed by atoms with van der Waals surface area (Å²) in [7, 11) is 1.49. The van der Waals surface area contributed by atoms with Gasteiger partial charge in [0.05, 0.1) is 35.9 Å². The highest BCUT2D eigenvalue weighted by Gasteiger charge is 2.42. The zero-order chi connectivity index (χ0) is 26.3. The van der Waals surface area contributed by atoms with Crippen molar-refractivity contribution in [2.75, 3.05) is 12.0 Å². The van der Waals surface area contributed by atoms with Crippen molar-refractivity contribution in [1.82, 2.24) is 14.9 Å². The van der Waals surface area contributed by atoms with Crippen LogP contribution in [0.3, 0.4) is 0 Å². The number of halogens is 1. The fourth-order valence-corrected chi connectivity index (χ4v) is 5.58. The number of aryl methyl sites for hydroxylation is 1.